The van der Waals surface area contributed by atoms with E-state index in [4.69, 9.17) is 0 Å². The summed E-state index contributed by atoms with van der Waals surface area (Å²) in [7, 11) is 2.02. The van der Waals surface area contributed by atoms with E-state index in [-0.39, 0.29) is 0 Å². The molecule has 1 N–H and O–H groups in total. The monoisotopic (exact) mass is 239 g/mol. The van der Waals surface area contributed by atoms with Crippen molar-refractivity contribution in [3.8, 4) is 0 Å². The van der Waals surface area contributed by atoms with Crippen LogP contribution >= 0.6 is 0 Å². The van der Waals surface area contributed by atoms with E-state index in [9.17, 15) is 0 Å². The first-order chi connectivity index (χ1) is 8.90. The van der Waals surface area contributed by atoms with Crippen LogP contribution in [-0.2, 0) is 6.42 Å². The second kappa shape index (κ2) is 4.86. The van der Waals surface area contributed by atoms with Gasteiger partial charge in [0.1, 0.15) is 0 Å². The molecule has 92 valence electrons. The van der Waals surface area contributed by atoms with Gasteiger partial charge < -0.3 is 5.32 Å². The Kier molecular flexibility index (Phi) is 3.07. The zero-order valence-corrected chi connectivity index (χ0v) is 10.5. The Morgan fingerprint density at radius 2 is 2.06 bits per heavy atom. The number of nitrogens with zero attached hydrogens (tertiary/aromatic N) is 2. The summed E-state index contributed by atoms with van der Waals surface area (Å²) in [5.41, 5.74) is 3.95. The number of nitrogens with one attached hydrogen (secondary N) is 1. The number of fused-ring (bicyclic) bond motifs is 1. The molecule has 3 heteroatoms. The van der Waals surface area contributed by atoms with Crippen molar-refractivity contribution in [1.29, 1.82) is 0 Å². The molecule has 0 aromatic carbocycles. The van der Waals surface area contributed by atoms with Gasteiger partial charge in [-0.2, -0.15) is 0 Å². The van der Waals surface area contributed by atoms with Crippen molar-refractivity contribution in [2.24, 2.45) is 0 Å². The molecule has 1 aliphatic carbocycles. The van der Waals surface area contributed by atoms with Gasteiger partial charge in [-0.05, 0) is 49.2 Å². The highest BCUT2D eigenvalue weighted by molar-refractivity contribution is 5.32. The van der Waals surface area contributed by atoms with Crippen molar-refractivity contribution in [3.63, 3.8) is 0 Å². The molecular weight excluding hydrogens is 222 g/mol. The molecule has 0 spiro atoms. The second-order valence-electron chi connectivity index (χ2n) is 4.74. The Balaban J connectivity index is 1.95. The van der Waals surface area contributed by atoms with Crippen LogP contribution in [-0.4, -0.2) is 17.0 Å². The molecule has 0 bridgehead atoms. The first-order valence-corrected chi connectivity index (χ1v) is 6.41. The fourth-order valence-electron chi connectivity index (χ4n) is 2.94. The average molecular weight is 239 g/mol. The van der Waals surface area contributed by atoms with Gasteiger partial charge in [0.15, 0.2) is 0 Å². The number of aryl methyl sites for hydroxylation is 1. The number of hydrogen-bond donors (Lipinski definition) is 1. The summed E-state index contributed by atoms with van der Waals surface area (Å²) in [5.74, 6) is 0.466. The SMILES string of the molecule is CNC(c1ccncc1)C1CCc2cccnc21. The van der Waals surface area contributed by atoms with E-state index in [0.29, 0.717) is 12.0 Å². The van der Waals surface area contributed by atoms with Crippen molar-refractivity contribution in [2.45, 2.75) is 24.8 Å². The molecule has 0 fully saturated rings. The van der Waals surface area contributed by atoms with E-state index in [1.54, 1.807) is 0 Å². The smallest absolute Gasteiger partial charge is 0.0485 e. The molecular formula is C15H17N3. The lowest BCUT2D eigenvalue weighted by atomic mass is 9.91. The van der Waals surface area contributed by atoms with Crippen LogP contribution in [0.2, 0.25) is 0 Å². The third-order valence-electron chi connectivity index (χ3n) is 3.78. The lowest BCUT2D eigenvalue weighted by Gasteiger charge is -2.23. The van der Waals surface area contributed by atoms with Crippen molar-refractivity contribution < 1.29 is 0 Å². The second-order valence-corrected chi connectivity index (χ2v) is 4.74. The van der Waals surface area contributed by atoms with Gasteiger partial charge in [0.25, 0.3) is 0 Å². The molecule has 18 heavy (non-hydrogen) atoms. The zero-order valence-electron chi connectivity index (χ0n) is 10.5. The minimum absolute atomic E-state index is 0.323. The van der Waals surface area contributed by atoms with Crippen LogP contribution in [0.4, 0.5) is 0 Å². The van der Waals surface area contributed by atoms with Crippen LogP contribution in [0.15, 0.2) is 42.9 Å². The Hall–Kier alpha value is -1.74. The molecule has 3 rings (SSSR count). The van der Waals surface area contributed by atoms with Crippen LogP contribution in [0.5, 0.6) is 0 Å². The first kappa shape index (κ1) is 11.4. The predicted octanol–water partition coefficient (Wildman–Crippen LogP) is 2.47. The Labute approximate surface area is 107 Å². The molecule has 1 aliphatic rings. The molecule has 0 aliphatic heterocycles. The maximum Gasteiger partial charge on any atom is 0.0485 e. The van der Waals surface area contributed by atoms with E-state index in [0.717, 1.165) is 6.42 Å². The van der Waals surface area contributed by atoms with E-state index in [1.807, 2.05) is 31.7 Å². The van der Waals surface area contributed by atoms with Crippen LogP contribution < -0.4 is 5.32 Å². The highest BCUT2D eigenvalue weighted by Crippen LogP contribution is 2.39. The quantitative estimate of drug-likeness (QED) is 0.894. The first-order valence-electron chi connectivity index (χ1n) is 6.41. The molecule has 3 nitrogen and oxygen atoms in total. The van der Waals surface area contributed by atoms with Crippen LogP contribution in [0.25, 0.3) is 0 Å². The molecule has 2 atom stereocenters. The van der Waals surface area contributed by atoms with Gasteiger partial charge in [0, 0.05) is 36.2 Å². The largest absolute Gasteiger partial charge is 0.312 e. The van der Waals surface area contributed by atoms with Crippen molar-refractivity contribution in [1.82, 2.24) is 15.3 Å². The summed E-state index contributed by atoms with van der Waals surface area (Å²) >= 11 is 0. The highest BCUT2D eigenvalue weighted by Gasteiger charge is 2.30. The van der Waals surface area contributed by atoms with E-state index in [1.165, 1.54) is 23.2 Å². The number of pyridine rings is 2. The maximum atomic E-state index is 4.58. The summed E-state index contributed by atoms with van der Waals surface area (Å²) in [6, 6.07) is 8.72. The molecule has 0 saturated carbocycles. The molecule has 2 heterocycles. The van der Waals surface area contributed by atoms with Crippen molar-refractivity contribution in [2.75, 3.05) is 7.05 Å². The van der Waals surface area contributed by atoms with Crippen molar-refractivity contribution in [3.05, 3.63) is 59.7 Å². The molecule has 2 aromatic rings. The Bertz CT molecular complexity index is 524. The van der Waals surface area contributed by atoms with Gasteiger partial charge in [-0.3, -0.25) is 9.97 Å². The van der Waals surface area contributed by atoms with Gasteiger partial charge in [0.05, 0.1) is 0 Å². The Morgan fingerprint density at radius 1 is 1.22 bits per heavy atom. The third kappa shape index (κ3) is 1.91. The number of likely N-dealkylation sites (N-methyl/N-ethyl adjacent to an activating group) is 1. The maximum absolute atomic E-state index is 4.58. The summed E-state index contributed by atoms with van der Waals surface area (Å²) in [6.07, 6.45) is 7.91. The standard InChI is InChI=1S/C15H17N3/c1-16-14(12-6-9-17-10-7-12)13-5-4-11-3-2-8-18-15(11)13/h2-3,6-10,13-14,16H,4-5H2,1H3. The summed E-state index contributed by atoms with van der Waals surface area (Å²) < 4.78 is 0. The van der Waals surface area contributed by atoms with Crippen LogP contribution in [0.1, 0.15) is 35.2 Å². The molecule has 0 amide bonds. The lowest BCUT2D eigenvalue weighted by Crippen LogP contribution is -2.23. The normalized spacial score (nSPS) is 19.5. The van der Waals surface area contributed by atoms with Crippen molar-refractivity contribution >= 4 is 0 Å². The van der Waals surface area contributed by atoms with Crippen LogP contribution in [0, 0.1) is 0 Å². The summed E-state index contributed by atoms with van der Waals surface area (Å²) in [6.45, 7) is 0. The minimum Gasteiger partial charge on any atom is -0.312 e. The van der Waals surface area contributed by atoms with E-state index >= 15 is 0 Å². The predicted molar refractivity (Wildman–Crippen MR) is 71.3 cm³/mol. The molecule has 0 saturated heterocycles. The lowest BCUT2D eigenvalue weighted by molar-refractivity contribution is 0.470. The molecule has 2 aromatic heterocycles. The number of hydrogen-bond acceptors (Lipinski definition) is 3. The van der Waals surface area contributed by atoms with Gasteiger partial charge in [-0.15, -0.1) is 0 Å². The topological polar surface area (TPSA) is 37.8 Å². The molecule has 2 unspecified atom stereocenters. The Morgan fingerprint density at radius 3 is 2.83 bits per heavy atom. The van der Waals surface area contributed by atoms with E-state index < -0.39 is 0 Å². The van der Waals surface area contributed by atoms with E-state index in [2.05, 4.69) is 33.5 Å². The van der Waals surface area contributed by atoms with Gasteiger partial charge >= 0.3 is 0 Å². The fraction of sp³-hybridized carbons (Fsp3) is 0.333. The van der Waals surface area contributed by atoms with Gasteiger partial charge in [-0.1, -0.05) is 6.07 Å². The zero-order chi connectivity index (χ0) is 12.4. The summed E-state index contributed by atoms with van der Waals surface area (Å²) in [5, 5.41) is 3.43. The number of rotatable bonds is 3. The van der Waals surface area contributed by atoms with Crippen LogP contribution in [0.3, 0.4) is 0 Å². The third-order valence-corrected chi connectivity index (χ3v) is 3.78. The average Bonchev–Trinajstić information content (AvgIpc) is 2.85. The molecule has 0 radical (unpaired) electrons. The highest BCUT2D eigenvalue weighted by atomic mass is 14.9. The van der Waals surface area contributed by atoms with Gasteiger partial charge in [-0.25, -0.2) is 0 Å². The van der Waals surface area contributed by atoms with Gasteiger partial charge in [0.2, 0.25) is 0 Å². The fourth-order valence-corrected chi connectivity index (χ4v) is 2.94. The number of aromatic nitrogens is 2. The minimum atomic E-state index is 0.323. The summed E-state index contributed by atoms with van der Waals surface area (Å²) in [4.78, 5) is 8.67.